The lowest BCUT2D eigenvalue weighted by molar-refractivity contribution is 0.469. The van der Waals surface area contributed by atoms with Crippen molar-refractivity contribution >= 4 is 28.4 Å². The first-order valence-electron chi connectivity index (χ1n) is 6.37. The highest BCUT2D eigenvalue weighted by atomic mass is 32.1. The molecule has 0 amide bonds. The number of nitrogens with one attached hydrogen (secondary N) is 1. The van der Waals surface area contributed by atoms with Gasteiger partial charge in [0.2, 0.25) is 5.88 Å². The van der Waals surface area contributed by atoms with E-state index >= 15 is 0 Å². The number of ether oxygens (including phenoxy) is 1. The Morgan fingerprint density at radius 1 is 1.19 bits per heavy atom. The normalized spacial score (nSPS) is 17.0. The average Bonchev–Trinajstić information content (AvgIpc) is 3.20. The lowest BCUT2D eigenvalue weighted by Crippen LogP contribution is -2.21. The van der Waals surface area contributed by atoms with E-state index in [1.807, 2.05) is 41.1 Å². The Bertz CT molecular complexity index is 848. The predicted octanol–water partition coefficient (Wildman–Crippen LogP) is 3.46. The van der Waals surface area contributed by atoms with Gasteiger partial charge in [-0.1, -0.05) is 12.1 Å². The van der Waals surface area contributed by atoms with E-state index in [4.69, 9.17) is 4.74 Å². The second-order valence-corrected chi connectivity index (χ2v) is 6.48. The van der Waals surface area contributed by atoms with Gasteiger partial charge < -0.3 is 9.72 Å². The molecule has 1 aliphatic rings. The van der Waals surface area contributed by atoms with Crippen LogP contribution in [0.25, 0.3) is 5.76 Å². The summed E-state index contributed by atoms with van der Waals surface area (Å²) in [7, 11) is 0. The summed E-state index contributed by atoms with van der Waals surface area (Å²) in [6.07, 6.45) is 3.38. The molecule has 0 fully saturated rings. The van der Waals surface area contributed by atoms with Gasteiger partial charge in [-0.05, 0) is 29.0 Å². The molecule has 0 saturated heterocycles. The molecule has 4 heterocycles. The number of fused-ring (bicyclic) bond motifs is 1. The lowest BCUT2D eigenvalue weighted by atomic mass is 9.96. The number of H-pyrrole nitrogens is 1. The van der Waals surface area contributed by atoms with Crippen molar-refractivity contribution in [2.24, 2.45) is 0 Å². The van der Waals surface area contributed by atoms with Gasteiger partial charge >= 0.3 is 0 Å². The maximum Gasteiger partial charge on any atom is 0.258 e. The number of hydrogen-bond acceptors (Lipinski definition) is 5. The summed E-state index contributed by atoms with van der Waals surface area (Å²) < 4.78 is 5.83. The Balaban J connectivity index is 1.92. The molecular weight excluding hydrogens is 304 g/mol. The number of aromatic nitrogens is 2. The molecule has 3 aromatic heterocycles. The molecule has 0 bridgehead atoms. The molecular formula is C15H10N2O2S2. The second-order valence-electron chi connectivity index (χ2n) is 4.55. The van der Waals surface area contributed by atoms with E-state index in [9.17, 15) is 4.79 Å². The fourth-order valence-corrected chi connectivity index (χ4v) is 3.86. The number of rotatable bonds is 2. The molecule has 1 N–H and O–H groups in total. The van der Waals surface area contributed by atoms with Crippen LogP contribution in [0.1, 0.15) is 21.2 Å². The van der Waals surface area contributed by atoms with Crippen LogP contribution in [0.2, 0.25) is 0 Å². The number of allylic oxidation sites excluding steroid dienone is 1. The molecule has 4 rings (SSSR count). The molecule has 104 valence electrons. The molecule has 1 atom stereocenters. The van der Waals surface area contributed by atoms with Crippen LogP contribution in [0.3, 0.4) is 0 Å². The van der Waals surface area contributed by atoms with Gasteiger partial charge in [-0.25, -0.2) is 4.98 Å². The highest BCUT2D eigenvalue weighted by molar-refractivity contribution is 7.11. The minimum absolute atomic E-state index is 0.122. The van der Waals surface area contributed by atoms with E-state index < -0.39 is 0 Å². The highest BCUT2D eigenvalue weighted by Crippen LogP contribution is 2.39. The van der Waals surface area contributed by atoms with Crippen LogP contribution >= 0.6 is 22.7 Å². The Morgan fingerprint density at radius 3 is 2.81 bits per heavy atom. The van der Waals surface area contributed by atoms with Crippen LogP contribution in [0, 0.1) is 0 Å². The SMILES string of the molecule is O=c1[nH]cnc2c1C(c1cccs1)C=C(c1cccs1)O2. The molecule has 1 aliphatic heterocycles. The minimum atomic E-state index is -0.153. The third kappa shape index (κ3) is 2.12. The first-order valence-corrected chi connectivity index (χ1v) is 8.13. The lowest BCUT2D eigenvalue weighted by Gasteiger charge is -2.21. The van der Waals surface area contributed by atoms with Gasteiger partial charge in [0.05, 0.1) is 22.7 Å². The van der Waals surface area contributed by atoms with E-state index in [1.165, 1.54) is 6.33 Å². The van der Waals surface area contributed by atoms with Crippen molar-refractivity contribution in [2.45, 2.75) is 5.92 Å². The molecule has 4 nitrogen and oxygen atoms in total. The molecule has 0 saturated carbocycles. The zero-order valence-corrected chi connectivity index (χ0v) is 12.4. The molecule has 0 radical (unpaired) electrons. The molecule has 3 aromatic rings. The fourth-order valence-electron chi connectivity index (χ4n) is 2.37. The number of thiophene rings is 2. The summed E-state index contributed by atoms with van der Waals surface area (Å²) in [5, 5.41) is 4.01. The van der Waals surface area contributed by atoms with Crippen LogP contribution in [-0.2, 0) is 0 Å². The Hall–Kier alpha value is -2.18. The summed E-state index contributed by atoms with van der Waals surface area (Å²) >= 11 is 3.23. The van der Waals surface area contributed by atoms with Crippen molar-refractivity contribution in [3.8, 4) is 5.88 Å². The summed E-state index contributed by atoms with van der Waals surface area (Å²) in [6, 6.07) is 7.99. The Morgan fingerprint density at radius 2 is 2.05 bits per heavy atom. The summed E-state index contributed by atoms with van der Waals surface area (Å²) in [6.45, 7) is 0. The fraction of sp³-hybridized carbons (Fsp3) is 0.0667. The van der Waals surface area contributed by atoms with Crippen molar-refractivity contribution in [3.63, 3.8) is 0 Å². The van der Waals surface area contributed by atoms with Gasteiger partial charge in [0, 0.05) is 4.88 Å². The Kier molecular flexibility index (Phi) is 2.98. The van der Waals surface area contributed by atoms with E-state index in [-0.39, 0.29) is 11.5 Å². The van der Waals surface area contributed by atoms with Crippen molar-refractivity contribution < 1.29 is 4.74 Å². The second kappa shape index (κ2) is 4.98. The average molecular weight is 314 g/mol. The largest absolute Gasteiger partial charge is 0.437 e. The molecule has 0 spiro atoms. The van der Waals surface area contributed by atoms with Crippen LogP contribution < -0.4 is 10.3 Å². The topological polar surface area (TPSA) is 55.0 Å². The smallest absolute Gasteiger partial charge is 0.258 e. The first-order chi connectivity index (χ1) is 10.3. The summed E-state index contributed by atoms with van der Waals surface area (Å²) in [5.41, 5.74) is 0.417. The molecule has 1 unspecified atom stereocenters. The standard InChI is InChI=1S/C15H10N2O2S2/c18-14-13-9(11-3-1-5-20-11)7-10(12-4-2-6-21-12)19-15(13)17-8-16-14/h1-9H,(H,16,17,18). The van der Waals surface area contributed by atoms with Crippen molar-refractivity contribution in [3.05, 3.63) is 73.1 Å². The van der Waals surface area contributed by atoms with Crippen molar-refractivity contribution in [1.82, 2.24) is 9.97 Å². The molecule has 6 heteroatoms. The molecule has 0 aliphatic carbocycles. The van der Waals surface area contributed by atoms with Crippen LogP contribution in [-0.4, -0.2) is 9.97 Å². The third-order valence-electron chi connectivity index (χ3n) is 3.30. The predicted molar refractivity (Wildman–Crippen MR) is 83.9 cm³/mol. The highest BCUT2D eigenvalue weighted by Gasteiger charge is 2.28. The van der Waals surface area contributed by atoms with E-state index in [0.717, 1.165) is 15.5 Å². The number of hydrogen-bond donors (Lipinski definition) is 1. The first kappa shape index (κ1) is 12.6. The Labute approximate surface area is 128 Å². The maximum atomic E-state index is 12.2. The van der Waals surface area contributed by atoms with E-state index in [0.29, 0.717) is 11.4 Å². The molecule has 0 aromatic carbocycles. The monoisotopic (exact) mass is 314 g/mol. The third-order valence-corrected chi connectivity index (χ3v) is 5.14. The van der Waals surface area contributed by atoms with Crippen LogP contribution in [0.4, 0.5) is 0 Å². The van der Waals surface area contributed by atoms with Gasteiger partial charge in [-0.15, -0.1) is 22.7 Å². The summed E-state index contributed by atoms with van der Waals surface area (Å²) in [5.74, 6) is 1.03. The van der Waals surface area contributed by atoms with Gasteiger partial charge in [0.15, 0.2) is 0 Å². The van der Waals surface area contributed by atoms with Crippen LogP contribution in [0.15, 0.2) is 52.2 Å². The van der Waals surface area contributed by atoms with E-state index in [2.05, 4.69) is 9.97 Å². The molecule has 21 heavy (non-hydrogen) atoms. The van der Waals surface area contributed by atoms with E-state index in [1.54, 1.807) is 22.7 Å². The zero-order chi connectivity index (χ0) is 14.2. The van der Waals surface area contributed by atoms with Gasteiger partial charge in [0.1, 0.15) is 5.76 Å². The minimum Gasteiger partial charge on any atom is -0.437 e. The zero-order valence-electron chi connectivity index (χ0n) is 10.8. The maximum absolute atomic E-state index is 12.2. The van der Waals surface area contributed by atoms with Gasteiger partial charge in [-0.3, -0.25) is 4.79 Å². The number of aromatic amines is 1. The number of nitrogens with zero attached hydrogens (tertiary/aromatic N) is 1. The van der Waals surface area contributed by atoms with Gasteiger partial charge in [0.25, 0.3) is 5.56 Å². The van der Waals surface area contributed by atoms with Crippen molar-refractivity contribution in [1.29, 1.82) is 0 Å². The van der Waals surface area contributed by atoms with Crippen molar-refractivity contribution in [2.75, 3.05) is 0 Å². The van der Waals surface area contributed by atoms with Crippen LogP contribution in [0.5, 0.6) is 5.88 Å². The van der Waals surface area contributed by atoms with Gasteiger partial charge in [-0.2, -0.15) is 0 Å². The summed E-state index contributed by atoms with van der Waals surface area (Å²) in [4.78, 5) is 21.1. The quantitative estimate of drug-likeness (QED) is 0.788.